The molecule has 0 radical (unpaired) electrons. The fraction of sp³-hybridized carbons (Fsp3) is 0.391. The van der Waals surface area contributed by atoms with Crippen molar-refractivity contribution < 1.29 is 9.59 Å². The predicted molar refractivity (Wildman–Crippen MR) is 110 cm³/mol. The van der Waals surface area contributed by atoms with E-state index in [-0.39, 0.29) is 21.8 Å². The van der Waals surface area contributed by atoms with Gasteiger partial charge in [0.1, 0.15) is 0 Å². The molecule has 3 nitrogen and oxygen atoms in total. The zero-order valence-corrected chi connectivity index (χ0v) is 16.5. The topological polar surface area (TPSA) is 46.2 Å². The van der Waals surface area contributed by atoms with Crippen LogP contribution in [0.2, 0.25) is 0 Å². The van der Waals surface area contributed by atoms with Crippen LogP contribution in [0, 0.1) is 5.41 Å². The summed E-state index contributed by atoms with van der Waals surface area (Å²) in [6, 6.07) is 17.4. The Balaban J connectivity index is 1.50. The van der Waals surface area contributed by atoms with Crippen molar-refractivity contribution in [3.05, 3.63) is 70.8 Å². The summed E-state index contributed by atoms with van der Waals surface area (Å²) in [4.78, 5) is 23.2. The van der Waals surface area contributed by atoms with Gasteiger partial charge in [-0.25, -0.2) is 0 Å². The molecular formula is C23H25NO2S. The molecule has 2 unspecified atom stereocenters. The summed E-state index contributed by atoms with van der Waals surface area (Å²) >= 11 is 1.11. The minimum Gasteiger partial charge on any atom is -0.286 e. The van der Waals surface area contributed by atoms with E-state index in [1.54, 1.807) is 0 Å². The van der Waals surface area contributed by atoms with Gasteiger partial charge in [0, 0.05) is 0 Å². The Morgan fingerprint density at radius 3 is 2.63 bits per heavy atom. The highest BCUT2D eigenvalue weighted by Crippen LogP contribution is 2.37. The molecule has 0 saturated carbocycles. The lowest BCUT2D eigenvalue weighted by atomic mass is 9.76. The largest absolute Gasteiger partial charge is 0.286 e. The van der Waals surface area contributed by atoms with Crippen molar-refractivity contribution in [1.82, 2.24) is 5.32 Å². The van der Waals surface area contributed by atoms with Crippen LogP contribution in [0.4, 0.5) is 4.79 Å². The van der Waals surface area contributed by atoms with Gasteiger partial charge in [0.15, 0.2) is 0 Å². The van der Waals surface area contributed by atoms with Crippen LogP contribution in [0.25, 0.3) is 0 Å². The number of carbonyl (C=O) groups excluding carboxylic acids is 2. The molecule has 1 aliphatic carbocycles. The molecule has 2 aromatic carbocycles. The van der Waals surface area contributed by atoms with Crippen LogP contribution in [-0.2, 0) is 30.5 Å². The van der Waals surface area contributed by atoms with E-state index >= 15 is 0 Å². The van der Waals surface area contributed by atoms with Gasteiger partial charge >= 0.3 is 0 Å². The summed E-state index contributed by atoms with van der Waals surface area (Å²) in [6.45, 7) is 2.41. The average Bonchev–Trinajstić information content (AvgIpc) is 2.84. The minimum atomic E-state index is -0.287. The summed E-state index contributed by atoms with van der Waals surface area (Å²) < 4.78 is 0. The van der Waals surface area contributed by atoms with Gasteiger partial charge in [0.05, 0.1) is 5.25 Å². The third kappa shape index (κ3) is 4.27. The van der Waals surface area contributed by atoms with Gasteiger partial charge < -0.3 is 0 Å². The normalized spacial score (nSPS) is 25.0. The van der Waals surface area contributed by atoms with E-state index in [4.69, 9.17) is 0 Å². The molecule has 1 fully saturated rings. The molecule has 0 aromatic heterocycles. The van der Waals surface area contributed by atoms with Crippen LogP contribution in [0.15, 0.2) is 48.5 Å². The van der Waals surface area contributed by atoms with Crippen LogP contribution >= 0.6 is 11.8 Å². The molecule has 4 heteroatoms. The minimum absolute atomic E-state index is 0.157. The van der Waals surface area contributed by atoms with E-state index in [2.05, 4.69) is 60.8 Å². The van der Waals surface area contributed by atoms with Crippen molar-refractivity contribution in [2.24, 2.45) is 5.41 Å². The smallest absolute Gasteiger partial charge is 0.286 e. The Labute approximate surface area is 164 Å². The monoisotopic (exact) mass is 379 g/mol. The number of amides is 2. The second kappa shape index (κ2) is 7.51. The van der Waals surface area contributed by atoms with Crippen molar-refractivity contribution in [3.8, 4) is 0 Å². The molecule has 1 aliphatic heterocycles. The maximum Gasteiger partial charge on any atom is 0.286 e. The summed E-state index contributed by atoms with van der Waals surface area (Å²) in [5.41, 5.74) is 5.70. The zero-order valence-electron chi connectivity index (χ0n) is 15.7. The lowest BCUT2D eigenvalue weighted by Gasteiger charge is -2.29. The van der Waals surface area contributed by atoms with Crippen molar-refractivity contribution in [2.45, 2.75) is 50.7 Å². The first-order valence-electron chi connectivity index (χ1n) is 9.67. The van der Waals surface area contributed by atoms with Crippen LogP contribution in [-0.4, -0.2) is 16.4 Å². The molecule has 0 bridgehead atoms. The Kier molecular flexibility index (Phi) is 5.09. The molecule has 27 heavy (non-hydrogen) atoms. The van der Waals surface area contributed by atoms with Gasteiger partial charge in [0.25, 0.3) is 5.24 Å². The van der Waals surface area contributed by atoms with Gasteiger partial charge in [-0.05, 0) is 66.2 Å². The van der Waals surface area contributed by atoms with E-state index in [1.165, 1.54) is 29.5 Å². The number of benzene rings is 2. The molecule has 140 valence electrons. The lowest BCUT2D eigenvalue weighted by Crippen LogP contribution is -2.25. The summed E-state index contributed by atoms with van der Waals surface area (Å²) in [7, 11) is 0. The van der Waals surface area contributed by atoms with Crippen molar-refractivity contribution in [1.29, 1.82) is 0 Å². The van der Waals surface area contributed by atoms with Gasteiger partial charge in [0.2, 0.25) is 5.91 Å². The zero-order chi connectivity index (χ0) is 18.9. The number of rotatable bonds is 4. The molecule has 2 atom stereocenters. The predicted octanol–water partition coefficient (Wildman–Crippen LogP) is 4.71. The average molecular weight is 380 g/mol. The first-order valence-corrected chi connectivity index (χ1v) is 10.5. The summed E-state index contributed by atoms with van der Waals surface area (Å²) in [6.07, 6.45) is 6.33. The Morgan fingerprint density at radius 1 is 1.07 bits per heavy atom. The highest BCUT2D eigenvalue weighted by Gasteiger charge is 2.32. The quantitative estimate of drug-likeness (QED) is 0.783. The highest BCUT2D eigenvalue weighted by atomic mass is 32.2. The van der Waals surface area contributed by atoms with Crippen molar-refractivity contribution >= 4 is 22.9 Å². The molecule has 4 rings (SSSR count). The maximum atomic E-state index is 11.8. The summed E-state index contributed by atoms with van der Waals surface area (Å²) in [5.74, 6) is -0.157. The maximum absolute atomic E-state index is 11.8. The number of carbonyl (C=O) groups is 2. The molecule has 2 aliphatic rings. The van der Waals surface area contributed by atoms with E-state index in [0.29, 0.717) is 6.42 Å². The Hall–Kier alpha value is -2.07. The third-order valence-corrected chi connectivity index (χ3v) is 6.76. The standard InChI is InChI=1S/C23H25NO2S/c1-23(14-16-6-3-2-4-7-16)11-5-8-18-12-17(9-10-19(18)15-23)13-20-21(25)24-22(26)27-20/h2-4,6-7,9-10,12,20H,5,8,11,13-15H2,1H3,(H,24,25,26). The SMILES string of the molecule is CC1(Cc2ccccc2)CCCc2cc(CC3SC(=O)NC3=O)ccc2C1. The van der Waals surface area contributed by atoms with Gasteiger partial charge in [-0.1, -0.05) is 67.2 Å². The first-order chi connectivity index (χ1) is 13.0. The van der Waals surface area contributed by atoms with E-state index in [1.807, 2.05) is 0 Å². The third-order valence-electron chi connectivity index (χ3n) is 5.78. The number of imide groups is 1. The number of thioether (sulfide) groups is 1. The van der Waals surface area contributed by atoms with Gasteiger partial charge in [-0.2, -0.15) is 0 Å². The van der Waals surface area contributed by atoms with E-state index < -0.39 is 0 Å². The van der Waals surface area contributed by atoms with Gasteiger partial charge in [-0.3, -0.25) is 14.9 Å². The molecule has 0 spiro atoms. The molecule has 1 heterocycles. The first kappa shape index (κ1) is 18.3. The highest BCUT2D eigenvalue weighted by molar-refractivity contribution is 8.15. The Bertz CT molecular complexity index is 864. The molecule has 2 amide bonds. The number of hydrogen-bond acceptors (Lipinski definition) is 3. The number of hydrogen-bond donors (Lipinski definition) is 1. The molecular weight excluding hydrogens is 354 g/mol. The Morgan fingerprint density at radius 2 is 1.89 bits per heavy atom. The van der Waals surface area contributed by atoms with Crippen LogP contribution in [0.1, 0.15) is 42.0 Å². The fourth-order valence-electron chi connectivity index (χ4n) is 4.45. The molecule has 2 aromatic rings. The number of nitrogens with one attached hydrogen (secondary N) is 1. The van der Waals surface area contributed by atoms with E-state index in [9.17, 15) is 9.59 Å². The van der Waals surface area contributed by atoms with E-state index in [0.717, 1.165) is 36.6 Å². The van der Waals surface area contributed by atoms with Gasteiger partial charge in [-0.15, -0.1) is 0 Å². The second-order valence-electron chi connectivity index (χ2n) is 8.19. The molecule has 1 saturated heterocycles. The molecule has 1 N–H and O–H groups in total. The van der Waals surface area contributed by atoms with Crippen molar-refractivity contribution in [2.75, 3.05) is 0 Å². The van der Waals surface area contributed by atoms with Crippen LogP contribution in [0.5, 0.6) is 0 Å². The lowest BCUT2D eigenvalue weighted by molar-refractivity contribution is -0.118. The summed E-state index contributed by atoms with van der Waals surface area (Å²) in [5, 5.41) is 1.87. The fourth-order valence-corrected chi connectivity index (χ4v) is 5.31. The number of aryl methyl sites for hydroxylation is 1. The van der Waals surface area contributed by atoms with Crippen LogP contribution < -0.4 is 5.32 Å². The number of fused-ring (bicyclic) bond motifs is 1. The van der Waals surface area contributed by atoms with Crippen molar-refractivity contribution in [3.63, 3.8) is 0 Å². The second-order valence-corrected chi connectivity index (χ2v) is 9.37. The van der Waals surface area contributed by atoms with Crippen LogP contribution in [0.3, 0.4) is 0 Å².